The number of nitrogens with one attached hydrogen (secondary N) is 1. The number of aryl methyl sites for hydroxylation is 2. The summed E-state index contributed by atoms with van der Waals surface area (Å²) in [4.78, 5) is 5.82. The van der Waals surface area contributed by atoms with Crippen molar-refractivity contribution in [3.8, 4) is 0 Å². The summed E-state index contributed by atoms with van der Waals surface area (Å²) >= 11 is 1.80. The predicted molar refractivity (Wildman–Crippen MR) is 70.9 cm³/mol. The first-order valence-corrected chi connectivity index (χ1v) is 6.84. The Balaban J connectivity index is 2.29. The van der Waals surface area contributed by atoms with Crippen molar-refractivity contribution < 1.29 is 0 Å². The summed E-state index contributed by atoms with van der Waals surface area (Å²) < 4.78 is 0. The quantitative estimate of drug-likeness (QED) is 0.721. The maximum Gasteiger partial charge on any atom is 0.0900 e. The zero-order valence-electron chi connectivity index (χ0n) is 10.5. The molecule has 0 radical (unpaired) electrons. The molecule has 0 fully saturated rings. The van der Waals surface area contributed by atoms with Gasteiger partial charge in [0.05, 0.1) is 10.7 Å². The number of unbranched alkanes of at least 4 members (excludes halogenated alkanes) is 2. The molecule has 3 nitrogen and oxygen atoms in total. The molecule has 0 saturated heterocycles. The van der Waals surface area contributed by atoms with Crippen molar-refractivity contribution in [2.75, 3.05) is 13.1 Å². The van der Waals surface area contributed by atoms with Gasteiger partial charge in [0.1, 0.15) is 0 Å². The molecule has 1 rings (SSSR count). The summed E-state index contributed by atoms with van der Waals surface area (Å²) in [7, 11) is 0. The van der Waals surface area contributed by atoms with Crippen molar-refractivity contribution in [2.24, 2.45) is 5.73 Å². The average molecular weight is 241 g/mol. The molecule has 0 bridgehead atoms. The minimum absolute atomic E-state index is 0.420. The van der Waals surface area contributed by atoms with E-state index in [1.165, 1.54) is 23.4 Å². The molecule has 0 saturated carbocycles. The minimum atomic E-state index is 0.420. The molecule has 1 unspecified atom stereocenters. The molecule has 0 aliphatic heterocycles. The fraction of sp³-hybridized carbons (Fsp3) is 0.750. The molecular weight excluding hydrogens is 218 g/mol. The van der Waals surface area contributed by atoms with Crippen LogP contribution in [0.3, 0.4) is 0 Å². The monoisotopic (exact) mass is 241 g/mol. The molecule has 0 aliphatic carbocycles. The van der Waals surface area contributed by atoms with Gasteiger partial charge in [-0.05, 0) is 46.7 Å². The van der Waals surface area contributed by atoms with Crippen molar-refractivity contribution in [3.63, 3.8) is 0 Å². The predicted octanol–water partition coefficient (Wildman–Crippen LogP) is 2.54. The number of aromatic nitrogens is 1. The lowest BCUT2D eigenvalue weighted by Gasteiger charge is -2.12. The highest BCUT2D eigenvalue weighted by Gasteiger charge is 2.11. The van der Waals surface area contributed by atoms with Gasteiger partial charge in [-0.3, -0.25) is 0 Å². The first kappa shape index (κ1) is 13.6. The summed E-state index contributed by atoms with van der Waals surface area (Å²) in [5.74, 6) is 0. The molecule has 0 spiro atoms. The van der Waals surface area contributed by atoms with Gasteiger partial charge in [-0.1, -0.05) is 6.42 Å². The highest BCUT2D eigenvalue weighted by molar-refractivity contribution is 7.11. The molecule has 0 aromatic carbocycles. The van der Waals surface area contributed by atoms with E-state index in [-0.39, 0.29) is 0 Å². The van der Waals surface area contributed by atoms with Crippen molar-refractivity contribution in [3.05, 3.63) is 15.6 Å². The normalized spacial score (nSPS) is 13.0. The van der Waals surface area contributed by atoms with E-state index in [1.54, 1.807) is 11.3 Å². The van der Waals surface area contributed by atoms with Crippen LogP contribution in [0.15, 0.2) is 0 Å². The number of nitrogens with zero attached hydrogens (tertiary/aromatic N) is 1. The van der Waals surface area contributed by atoms with Crippen molar-refractivity contribution >= 4 is 11.3 Å². The molecule has 92 valence electrons. The van der Waals surface area contributed by atoms with E-state index in [9.17, 15) is 0 Å². The maximum atomic E-state index is 5.46. The van der Waals surface area contributed by atoms with Crippen LogP contribution in [-0.2, 0) is 0 Å². The molecule has 1 heterocycles. The van der Waals surface area contributed by atoms with Gasteiger partial charge >= 0.3 is 0 Å². The van der Waals surface area contributed by atoms with Gasteiger partial charge in [0.25, 0.3) is 0 Å². The Labute approximate surface area is 102 Å². The number of hydrogen-bond acceptors (Lipinski definition) is 4. The van der Waals surface area contributed by atoms with Gasteiger partial charge in [-0.2, -0.15) is 0 Å². The van der Waals surface area contributed by atoms with Gasteiger partial charge in [-0.25, -0.2) is 4.98 Å². The average Bonchev–Trinajstić information content (AvgIpc) is 2.57. The molecule has 16 heavy (non-hydrogen) atoms. The van der Waals surface area contributed by atoms with Crippen molar-refractivity contribution in [2.45, 2.75) is 46.1 Å². The first-order valence-electron chi connectivity index (χ1n) is 6.02. The van der Waals surface area contributed by atoms with E-state index < -0.39 is 0 Å². The topological polar surface area (TPSA) is 50.9 Å². The Bertz CT molecular complexity index is 309. The fourth-order valence-electron chi connectivity index (χ4n) is 1.81. The number of thiazole rings is 1. The zero-order valence-corrected chi connectivity index (χ0v) is 11.4. The third-order valence-electron chi connectivity index (χ3n) is 2.66. The second-order valence-electron chi connectivity index (χ2n) is 4.21. The second-order valence-corrected chi connectivity index (χ2v) is 5.44. The summed E-state index contributed by atoms with van der Waals surface area (Å²) in [6.45, 7) is 8.24. The van der Waals surface area contributed by atoms with E-state index >= 15 is 0 Å². The van der Waals surface area contributed by atoms with E-state index in [0.29, 0.717) is 6.04 Å². The van der Waals surface area contributed by atoms with E-state index in [1.807, 2.05) is 0 Å². The Hall–Kier alpha value is -0.450. The molecule has 3 N–H and O–H groups in total. The van der Waals surface area contributed by atoms with Crippen LogP contribution in [-0.4, -0.2) is 18.1 Å². The third-order valence-corrected chi connectivity index (χ3v) is 3.92. The van der Waals surface area contributed by atoms with E-state index in [4.69, 9.17) is 5.73 Å². The van der Waals surface area contributed by atoms with E-state index in [0.717, 1.165) is 24.5 Å². The lowest BCUT2D eigenvalue weighted by molar-refractivity contribution is 0.543. The summed E-state index contributed by atoms with van der Waals surface area (Å²) in [5.41, 5.74) is 6.63. The molecule has 0 amide bonds. The van der Waals surface area contributed by atoms with Crippen LogP contribution in [0.25, 0.3) is 0 Å². The Morgan fingerprint density at radius 1 is 1.31 bits per heavy atom. The number of nitrogens with two attached hydrogens (primary N) is 1. The van der Waals surface area contributed by atoms with Crippen LogP contribution in [0, 0.1) is 13.8 Å². The Morgan fingerprint density at radius 2 is 2.06 bits per heavy atom. The summed E-state index contributed by atoms with van der Waals surface area (Å²) in [6.07, 6.45) is 3.56. The van der Waals surface area contributed by atoms with Crippen LogP contribution in [0.1, 0.15) is 47.8 Å². The Kier molecular flexibility index (Phi) is 5.95. The fourth-order valence-corrected chi connectivity index (χ4v) is 2.76. The maximum absolute atomic E-state index is 5.46. The van der Waals surface area contributed by atoms with Crippen LogP contribution in [0.4, 0.5) is 0 Å². The molecule has 0 aliphatic rings. The molecule has 1 atom stereocenters. The smallest absolute Gasteiger partial charge is 0.0900 e. The van der Waals surface area contributed by atoms with Crippen LogP contribution in [0.5, 0.6) is 0 Å². The first-order chi connectivity index (χ1) is 7.65. The summed E-state index contributed by atoms with van der Waals surface area (Å²) in [5, 5.41) is 4.70. The van der Waals surface area contributed by atoms with Gasteiger partial charge in [0.15, 0.2) is 0 Å². The number of rotatable bonds is 7. The largest absolute Gasteiger partial charge is 0.330 e. The second kappa shape index (κ2) is 6.99. The van der Waals surface area contributed by atoms with Gasteiger partial charge in [0, 0.05) is 10.9 Å². The highest BCUT2D eigenvalue weighted by atomic mass is 32.1. The van der Waals surface area contributed by atoms with Crippen molar-refractivity contribution in [1.82, 2.24) is 10.3 Å². The SMILES string of the molecule is Cc1nc(C)c(C(C)NCCCCCN)s1. The lowest BCUT2D eigenvalue weighted by Crippen LogP contribution is -2.19. The van der Waals surface area contributed by atoms with Gasteiger partial charge in [0.2, 0.25) is 0 Å². The van der Waals surface area contributed by atoms with Crippen LogP contribution in [0.2, 0.25) is 0 Å². The minimum Gasteiger partial charge on any atom is -0.330 e. The van der Waals surface area contributed by atoms with Crippen molar-refractivity contribution in [1.29, 1.82) is 0 Å². The molecular formula is C12H23N3S. The molecule has 1 aromatic rings. The van der Waals surface area contributed by atoms with Crippen LogP contribution < -0.4 is 11.1 Å². The van der Waals surface area contributed by atoms with Gasteiger partial charge < -0.3 is 11.1 Å². The Morgan fingerprint density at radius 3 is 2.62 bits per heavy atom. The third kappa shape index (κ3) is 4.20. The molecule has 1 aromatic heterocycles. The van der Waals surface area contributed by atoms with Crippen LogP contribution >= 0.6 is 11.3 Å². The molecule has 4 heteroatoms. The summed E-state index contributed by atoms with van der Waals surface area (Å²) in [6, 6.07) is 0.420. The standard InChI is InChI=1S/C12H23N3S/c1-9(14-8-6-4-5-7-13)12-10(2)15-11(3)16-12/h9,14H,4-8,13H2,1-3H3. The highest BCUT2D eigenvalue weighted by Crippen LogP contribution is 2.24. The van der Waals surface area contributed by atoms with E-state index in [2.05, 4.69) is 31.1 Å². The van der Waals surface area contributed by atoms with Gasteiger partial charge in [-0.15, -0.1) is 11.3 Å². The zero-order chi connectivity index (χ0) is 12.0. The number of hydrogen-bond donors (Lipinski definition) is 2. The lowest BCUT2D eigenvalue weighted by atomic mass is 10.2.